The molecule has 1 aliphatic heterocycles. The Kier molecular flexibility index (Phi) is 4.99. The first kappa shape index (κ1) is 14.2. The third-order valence-electron chi connectivity index (χ3n) is 4.72. The highest BCUT2D eigenvalue weighted by Gasteiger charge is 2.43. The molecule has 0 bridgehead atoms. The number of nitrogens with zero attached hydrogens (tertiary/aromatic N) is 1. The molecule has 18 heavy (non-hydrogen) atoms. The van der Waals surface area contributed by atoms with Crippen LogP contribution in [-0.2, 0) is 4.79 Å². The molecule has 0 aromatic carbocycles. The van der Waals surface area contributed by atoms with Gasteiger partial charge in [-0.15, -0.1) is 0 Å². The SMILES string of the molecule is CCCC1CCCN(C(=O)CC2(CS)CC2)CC1. The van der Waals surface area contributed by atoms with Gasteiger partial charge in [0, 0.05) is 19.5 Å². The molecular formula is C15H27NOS. The number of carbonyl (C=O) groups excluding carboxylic acids is 1. The van der Waals surface area contributed by atoms with Crippen molar-refractivity contribution in [1.29, 1.82) is 0 Å². The Bertz CT molecular complexity index is 288. The largest absolute Gasteiger partial charge is 0.343 e. The van der Waals surface area contributed by atoms with Crippen molar-refractivity contribution in [1.82, 2.24) is 4.90 Å². The second-order valence-corrected chi connectivity index (χ2v) is 6.62. The molecule has 1 saturated carbocycles. The first-order chi connectivity index (χ1) is 8.69. The summed E-state index contributed by atoms with van der Waals surface area (Å²) in [6, 6.07) is 0. The molecule has 2 nitrogen and oxygen atoms in total. The second kappa shape index (κ2) is 6.31. The number of likely N-dealkylation sites (tertiary alicyclic amines) is 1. The summed E-state index contributed by atoms with van der Waals surface area (Å²) >= 11 is 4.39. The van der Waals surface area contributed by atoms with Gasteiger partial charge in [0.2, 0.25) is 5.91 Å². The minimum Gasteiger partial charge on any atom is -0.343 e. The van der Waals surface area contributed by atoms with Crippen LogP contribution in [0.2, 0.25) is 0 Å². The molecule has 1 aliphatic carbocycles. The average molecular weight is 269 g/mol. The van der Waals surface area contributed by atoms with E-state index in [1.165, 1.54) is 44.9 Å². The normalized spacial score (nSPS) is 26.8. The van der Waals surface area contributed by atoms with Crippen LogP contribution in [-0.4, -0.2) is 29.6 Å². The summed E-state index contributed by atoms with van der Waals surface area (Å²) in [7, 11) is 0. The van der Waals surface area contributed by atoms with Gasteiger partial charge in [0.25, 0.3) is 0 Å². The fraction of sp³-hybridized carbons (Fsp3) is 0.933. The lowest BCUT2D eigenvalue weighted by atomic mass is 9.96. The molecular weight excluding hydrogens is 242 g/mol. The summed E-state index contributed by atoms with van der Waals surface area (Å²) in [5.41, 5.74) is 0.273. The van der Waals surface area contributed by atoms with Crippen LogP contribution < -0.4 is 0 Å². The predicted molar refractivity (Wildman–Crippen MR) is 79.0 cm³/mol. The van der Waals surface area contributed by atoms with Crippen molar-refractivity contribution in [3.05, 3.63) is 0 Å². The van der Waals surface area contributed by atoms with E-state index in [2.05, 4.69) is 24.5 Å². The molecule has 3 heteroatoms. The van der Waals surface area contributed by atoms with Crippen LogP contribution in [0.3, 0.4) is 0 Å². The zero-order valence-corrected chi connectivity index (χ0v) is 12.6. The van der Waals surface area contributed by atoms with E-state index >= 15 is 0 Å². The van der Waals surface area contributed by atoms with E-state index in [1.54, 1.807) is 0 Å². The summed E-state index contributed by atoms with van der Waals surface area (Å²) in [6.07, 6.45) is 9.50. The predicted octanol–water partition coefficient (Wildman–Crippen LogP) is 3.52. The quantitative estimate of drug-likeness (QED) is 0.757. The van der Waals surface area contributed by atoms with Gasteiger partial charge in [-0.2, -0.15) is 12.6 Å². The number of carbonyl (C=O) groups is 1. The molecule has 104 valence electrons. The zero-order chi connectivity index (χ0) is 13.0. The Labute approximate surface area is 117 Å². The molecule has 1 amide bonds. The third kappa shape index (κ3) is 3.66. The minimum absolute atomic E-state index is 0.273. The highest BCUT2D eigenvalue weighted by Crippen LogP contribution is 2.49. The molecule has 2 fully saturated rings. The van der Waals surface area contributed by atoms with Crippen LogP contribution in [0, 0.1) is 11.3 Å². The van der Waals surface area contributed by atoms with Crippen LogP contribution in [0.25, 0.3) is 0 Å². The van der Waals surface area contributed by atoms with Gasteiger partial charge < -0.3 is 4.90 Å². The van der Waals surface area contributed by atoms with E-state index in [1.807, 2.05) is 0 Å². The summed E-state index contributed by atoms with van der Waals surface area (Å²) in [5, 5.41) is 0. The fourth-order valence-corrected chi connectivity index (χ4v) is 3.54. The molecule has 1 saturated heterocycles. The van der Waals surface area contributed by atoms with Gasteiger partial charge in [0.05, 0.1) is 0 Å². The molecule has 1 unspecified atom stereocenters. The van der Waals surface area contributed by atoms with Crippen LogP contribution >= 0.6 is 12.6 Å². The highest BCUT2D eigenvalue weighted by atomic mass is 32.1. The number of thiol groups is 1. The fourth-order valence-electron chi connectivity index (χ4n) is 3.11. The first-order valence-electron chi connectivity index (χ1n) is 7.58. The van der Waals surface area contributed by atoms with Gasteiger partial charge in [0.1, 0.15) is 0 Å². The zero-order valence-electron chi connectivity index (χ0n) is 11.7. The summed E-state index contributed by atoms with van der Waals surface area (Å²) in [5.74, 6) is 2.12. The molecule has 0 spiro atoms. The van der Waals surface area contributed by atoms with Gasteiger partial charge in [-0.1, -0.05) is 19.8 Å². The number of hydrogen-bond donors (Lipinski definition) is 1. The Morgan fingerprint density at radius 1 is 1.33 bits per heavy atom. The smallest absolute Gasteiger partial charge is 0.223 e. The third-order valence-corrected chi connectivity index (χ3v) is 5.39. The lowest BCUT2D eigenvalue weighted by Crippen LogP contribution is -2.33. The summed E-state index contributed by atoms with van der Waals surface area (Å²) in [6.45, 7) is 4.24. The van der Waals surface area contributed by atoms with E-state index in [-0.39, 0.29) is 5.41 Å². The van der Waals surface area contributed by atoms with Crippen LogP contribution in [0.4, 0.5) is 0 Å². The van der Waals surface area contributed by atoms with Crippen molar-refractivity contribution >= 4 is 18.5 Å². The number of rotatable bonds is 5. The lowest BCUT2D eigenvalue weighted by molar-refractivity contribution is -0.132. The van der Waals surface area contributed by atoms with Crippen molar-refractivity contribution in [3.63, 3.8) is 0 Å². The summed E-state index contributed by atoms with van der Waals surface area (Å²) in [4.78, 5) is 14.4. The second-order valence-electron chi connectivity index (χ2n) is 6.30. The van der Waals surface area contributed by atoms with E-state index in [9.17, 15) is 4.79 Å². The van der Waals surface area contributed by atoms with Crippen LogP contribution in [0.15, 0.2) is 0 Å². The standard InChI is InChI=1S/C15H27NOS/c1-2-4-13-5-3-9-16(10-6-13)14(17)11-15(12-18)7-8-15/h13,18H,2-12H2,1H3. The number of amides is 1. The Hall–Kier alpha value is -0.180. The Morgan fingerprint density at radius 2 is 2.11 bits per heavy atom. The maximum absolute atomic E-state index is 12.3. The van der Waals surface area contributed by atoms with Crippen molar-refractivity contribution in [2.24, 2.45) is 11.3 Å². The monoisotopic (exact) mass is 269 g/mol. The molecule has 0 radical (unpaired) electrons. The lowest BCUT2D eigenvalue weighted by Gasteiger charge is -2.23. The van der Waals surface area contributed by atoms with Gasteiger partial charge in [-0.25, -0.2) is 0 Å². The van der Waals surface area contributed by atoms with E-state index in [0.717, 1.165) is 31.2 Å². The highest BCUT2D eigenvalue weighted by molar-refractivity contribution is 7.80. The molecule has 0 N–H and O–H groups in total. The van der Waals surface area contributed by atoms with Crippen molar-refractivity contribution in [2.75, 3.05) is 18.8 Å². The Balaban J connectivity index is 1.80. The maximum Gasteiger partial charge on any atom is 0.223 e. The number of hydrogen-bond acceptors (Lipinski definition) is 2. The molecule has 1 atom stereocenters. The van der Waals surface area contributed by atoms with E-state index in [0.29, 0.717) is 5.91 Å². The molecule has 2 rings (SSSR count). The van der Waals surface area contributed by atoms with Gasteiger partial charge in [-0.3, -0.25) is 4.79 Å². The van der Waals surface area contributed by atoms with Crippen LogP contribution in [0.5, 0.6) is 0 Å². The van der Waals surface area contributed by atoms with Crippen LogP contribution in [0.1, 0.15) is 58.3 Å². The van der Waals surface area contributed by atoms with Crippen molar-refractivity contribution in [3.8, 4) is 0 Å². The topological polar surface area (TPSA) is 20.3 Å². The molecule has 0 aromatic heterocycles. The minimum atomic E-state index is 0.273. The maximum atomic E-state index is 12.3. The van der Waals surface area contributed by atoms with Crippen molar-refractivity contribution in [2.45, 2.75) is 58.3 Å². The molecule has 2 aliphatic rings. The van der Waals surface area contributed by atoms with Crippen molar-refractivity contribution < 1.29 is 4.79 Å². The van der Waals surface area contributed by atoms with E-state index in [4.69, 9.17) is 0 Å². The summed E-state index contributed by atoms with van der Waals surface area (Å²) < 4.78 is 0. The average Bonchev–Trinajstić information content (AvgIpc) is 3.14. The van der Waals surface area contributed by atoms with E-state index < -0.39 is 0 Å². The Morgan fingerprint density at radius 3 is 2.72 bits per heavy atom. The molecule has 0 aromatic rings. The first-order valence-corrected chi connectivity index (χ1v) is 8.21. The van der Waals surface area contributed by atoms with Gasteiger partial charge in [-0.05, 0) is 49.2 Å². The van der Waals surface area contributed by atoms with Gasteiger partial charge in [0.15, 0.2) is 0 Å². The molecule has 1 heterocycles. The van der Waals surface area contributed by atoms with Gasteiger partial charge >= 0.3 is 0 Å².